The highest BCUT2D eigenvalue weighted by molar-refractivity contribution is 7.99. The number of carbonyl (C=O) groups is 1. The normalized spacial score (nSPS) is 14.7. The fourth-order valence-electron chi connectivity index (χ4n) is 3.17. The Kier molecular flexibility index (Phi) is 7.29. The highest BCUT2D eigenvalue weighted by Crippen LogP contribution is 2.27. The van der Waals surface area contributed by atoms with Gasteiger partial charge in [-0.25, -0.2) is 9.97 Å². The first kappa shape index (κ1) is 19.9. The molecule has 3 rings (SSSR count). The minimum absolute atomic E-state index is 0.0671. The molecule has 2 heterocycles. The van der Waals surface area contributed by atoms with Gasteiger partial charge in [-0.1, -0.05) is 42.6 Å². The van der Waals surface area contributed by atoms with Crippen molar-refractivity contribution >= 4 is 35.1 Å². The molecule has 1 fully saturated rings. The number of nitrogens with one attached hydrogen (secondary N) is 1. The number of hydrogen-bond donors (Lipinski definition) is 1. The van der Waals surface area contributed by atoms with Crippen LogP contribution in [-0.4, -0.2) is 39.7 Å². The average molecular weight is 406 g/mol. The SMILES string of the molecule is CN(c1cc(Cl)nc(SCC(=O)NCc2ccncc2)n1)C1CCCCC1. The summed E-state index contributed by atoms with van der Waals surface area (Å²) in [7, 11) is 2.06. The quantitative estimate of drug-likeness (QED) is 0.430. The zero-order valence-electron chi connectivity index (χ0n) is 15.4. The molecule has 144 valence electrons. The van der Waals surface area contributed by atoms with Gasteiger partial charge in [0.25, 0.3) is 0 Å². The largest absolute Gasteiger partial charge is 0.357 e. The molecule has 1 aliphatic rings. The number of nitrogens with zero attached hydrogens (tertiary/aromatic N) is 4. The highest BCUT2D eigenvalue weighted by atomic mass is 35.5. The van der Waals surface area contributed by atoms with E-state index in [0.717, 1.165) is 11.4 Å². The second kappa shape index (κ2) is 9.90. The molecule has 0 bridgehead atoms. The van der Waals surface area contributed by atoms with Gasteiger partial charge in [-0.05, 0) is 30.5 Å². The fraction of sp³-hybridized carbons (Fsp3) is 0.474. The van der Waals surface area contributed by atoms with Crippen molar-refractivity contribution in [2.75, 3.05) is 17.7 Å². The average Bonchev–Trinajstić information content (AvgIpc) is 2.71. The Labute approximate surface area is 169 Å². The lowest BCUT2D eigenvalue weighted by Gasteiger charge is -2.32. The number of rotatable bonds is 7. The number of thioether (sulfide) groups is 1. The molecule has 2 aromatic heterocycles. The molecule has 0 aromatic carbocycles. The first-order chi connectivity index (χ1) is 13.1. The van der Waals surface area contributed by atoms with Gasteiger partial charge in [0.05, 0.1) is 5.75 Å². The molecule has 0 unspecified atom stereocenters. The molecule has 1 saturated carbocycles. The molecular formula is C19H24ClN5OS. The maximum Gasteiger partial charge on any atom is 0.230 e. The monoisotopic (exact) mass is 405 g/mol. The van der Waals surface area contributed by atoms with Crippen LogP contribution in [0, 0.1) is 0 Å². The van der Waals surface area contributed by atoms with Crippen LogP contribution >= 0.6 is 23.4 Å². The van der Waals surface area contributed by atoms with Gasteiger partial charge in [-0.15, -0.1) is 0 Å². The number of aromatic nitrogens is 3. The maximum absolute atomic E-state index is 12.1. The second-order valence-corrected chi connectivity index (χ2v) is 7.98. The van der Waals surface area contributed by atoms with Crippen LogP contribution in [0.3, 0.4) is 0 Å². The van der Waals surface area contributed by atoms with Crippen molar-refractivity contribution in [2.24, 2.45) is 0 Å². The van der Waals surface area contributed by atoms with E-state index >= 15 is 0 Å². The van der Waals surface area contributed by atoms with Crippen LogP contribution in [0.5, 0.6) is 0 Å². The first-order valence-electron chi connectivity index (χ1n) is 9.17. The number of amides is 1. The number of halogens is 1. The predicted molar refractivity (Wildman–Crippen MR) is 109 cm³/mol. The summed E-state index contributed by atoms with van der Waals surface area (Å²) < 4.78 is 0. The molecule has 0 aliphatic heterocycles. The van der Waals surface area contributed by atoms with E-state index in [4.69, 9.17) is 11.6 Å². The molecule has 0 saturated heterocycles. The summed E-state index contributed by atoms with van der Waals surface area (Å²) in [4.78, 5) is 27.1. The molecule has 0 atom stereocenters. The van der Waals surface area contributed by atoms with Gasteiger partial charge in [-0.3, -0.25) is 9.78 Å². The molecule has 6 nitrogen and oxygen atoms in total. The molecule has 2 aromatic rings. The van der Waals surface area contributed by atoms with Gasteiger partial charge < -0.3 is 10.2 Å². The summed E-state index contributed by atoms with van der Waals surface area (Å²) in [5, 5.41) is 3.82. The van der Waals surface area contributed by atoms with Crippen LogP contribution in [0.4, 0.5) is 5.82 Å². The van der Waals surface area contributed by atoms with E-state index in [9.17, 15) is 4.79 Å². The van der Waals surface area contributed by atoms with Crippen molar-refractivity contribution in [3.8, 4) is 0 Å². The van der Waals surface area contributed by atoms with Crippen molar-refractivity contribution < 1.29 is 4.79 Å². The molecule has 27 heavy (non-hydrogen) atoms. The van der Waals surface area contributed by atoms with Gasteiger partial charge in [0.15, 0.2) is 5.16 Å². The minimum Gasteiger partial charge on any atom is -0.357 e. The van der Waals surface area contributed by atoms with Crippen LogP contribution in [0.15, 0.2) is 35.7 Å². The molecule has 8 heteroatoms. The summed E-state index contributed by atoms with van der Waals surface area (Å²) in [6, 6.07) is 6.04. The van der Waals surface area contributed by atoms with Crippen LogP contribution in [-0.2, 0) is 11.3 Å². The van der Waals surface area contributed by atoms with Gasteiger partial charge in [-0.2, -0.15) is 0 Å². The summed E-state index contributed by atoms with van der Waals surface area (Å²) in [5.74, 6) is 1.00. The maximum atomic E-state index is 12.1. The minimum atomic E-state index is -0.0671. The Bertz CT molecular complexity index is 755. The Morgan fingerprint density at radius 3 is 2.74 bits per heavy atom. The van der Waals surface area contributed by atoms with Crippen molar-refractivity contribution in [3.63, 3.8) is 0 Å². The molecule has 1 aliphatic carbocycles. The van der Waals surface area contributed by atoms with Crippen LogP contribution in [0.1, 0.15) is 37.7 Å². The first-order valence-corrected chi connectivity index (χ1v) is 10.5. The van der Waals surface area contributed by atoms with Gasteiger partial charge >= 0.3 is 0 Å². The lowest BCUT2D eigenvalue weighted by atomic mass is 9.94. The van der Waals surface area contributed by atoms with E-state index in [0.29, 0.717) is 22.9 Å². The molecular weight excluding hydrogens is 382 g/mol. The van der Waals surface area contributed by atoms with Gasteiger partial charge in [0.2, 0.25) is 5.91 Å². The Morgan fingerprint density at radius 1 is 1.26 bits per heavy atom. The smallest absolute Gasteiger partial charge is 0.230 e. The summed E-state index contributed by atoms with van der Waals surface area (Å²) in [5.41, 5.74) is 1.01. The van der Waals surface area contributed by atoms with Crippen LogP contribution < -0.4 is 10.2 Å². The molecule has 1 amide bonds. The second-order valence-electron chi connectivity index (χ2n) is 6.66. The van der Waals surface area contributed by atoms with Crippen molar-refractivity contribution in [1.29, 1.82) is 0 Å². The summed E-state index contributed by atoms with van der Waals surface area (Å²) in [6.07, 6.45) is 9.60. The number of pyridine rings is 1. The Balaban J connectivity index is 1.55. The zero-order valence-corrected chi connectivity index (χ0v) is 17.0. The number of carbonyl (C=O) groups excluding carboxylic acids is 1. The molecule has 0 radical (unpaired) electrons. The Morgan fingerprint density at radius 2 is 2.00 bits per heavy atom. The topological polar surface area (TPSA) is 71.0 Å². The van der Waals surface area contributed by atoms with Gasteiger partial charge in [0, 0.05) is 38.1 Å². The third-order valence-corrected chi connectivity index (χ3v) is 5.76. The van der Waals surface area contributed by atoms with Crippen LogP contribution in [0.25, 0.3) is 0 Å². The highest BCUT2D eigenvalue weighted by Gasteiger charge is 2.20. The van der Waals surface area contributed by atoms with Gasteiger partial charge in [0.1, 0.15) is 11.0 Å². The molecule has 0 spiro atoms. The predicted octanol–water partition coefficient (Wildman–Crippen LogP) is 3.70. The van der Waals surface area contributed by atoms with Crippen molar-refractivity contribution in [2.45, 2.75) is 49.8 Å². The van der Waals surface area contributed by atoms with E-state index < -0.39 is 0 Å². The number of anilines is 1. The summed E-state index contributed by atoms with van der Waals surface area (Å²) >= 11 is 7.49. The lowest BCUT2D eigenvalue weighted by Crippen LogP contribution is -2.34. The van der Waals surface area contributed by atoms with E-state index in [1.54, 1.807) is 18.5 Å². The number of hydrogen-bond acceptors (Lipinski definition) is 6. The van der Waals surface area contributed by atoms with Crippen molar-refractivity contribution in [1.82, 2.24) is 20.3 Å². The fourth-order valence-corrected chi connectivity index (χ4v) is 4.08. The standard InChI is InChI=1S/C19H24ClN5OS/c1-25(15-5-3-2-4-6-15)17-11-16(20)23-19(24-17)27-13-18(26)22-12-14-7-9-21-10-8-14/h7-11,15H,2-6,12-13H2,1H3,(H,22,26). The van der Waals surface area contributed by atoms with E-state index in [1.807, 2.05) is 12.1 Å². The third-order valence-electron chi connectivity index (χ3n) is 4.72. The third kappa shape index (κ3) is 6.07. The van der Waals surface area contributed by atoms with E-state index in [1.165, 1.54) is 43.9 Å². The van der Waals surface area contributed by atoms with E-state index in [2.05, 4.69) is 32.2 Å². The summed E-state index contributed by atoms with van der Waals surface area (Å²) in [6.45, 7) is 0.480. The van der Waals surface area contributed by atoms with Crippen molar-refractivity contribution in [3.05, 3.63) is 41.3 Å². The zero-order chi connectivity index (χ0) is 19.1. The van der Waals surface area contributed by atoms with E-state index in [-0.39, 0.29) is 11.7 Å². The molecule has 1 N–H and O–H groups in total. The lowest BCUT2D eigenvalue weighted by molar-refractivity contribution is -0.118. The van der Waals surface area contributed by atoms with Crippen LogP contribution in [0.2, 0.25) is 5.15 Å². The Hall–Kier alpha value is -1.86.